The number of nitrogens with one attached hydrogen (secondary N) is 1. The van der Waals surface area contributed by atoms with Gasteiger partial charge in [-0.25, -0.2) is 4.39 Å². The van der Waals surface area contributed by atoms with Gasteiger partial charge in [0.15, 0.2) is 0 Å². The summed E-state index contributed by atoms with van der Waals surface area (Å²) in [5, 5.41) is 3.52. The molecule has 2 aromatic rings. The van der Waals surface area contributed by atoms with E-state index in [1.165, 1.54) is 17.7 Å². The third-order valence-corrected chi connectivity index (χ3v) is 3.51. The van der Waals surface area contributed by atoms with Crippen LogP contribution in [0, 0.1) is 5.82 Å². The summed E-state index contributed by atoms with van der Waals surface area (Å²) in [5.74, 6) is -0.184. The van der Waals surface area contributed by atoms with Gasteiger partial charge in [0, 0.05) is 19.1 Å². The first-order valence-electron chi connectivity index (χ1n) is 7.40. The average molecular weight is 286 g/mol. The molecule has 0 aliphatic carbocycles. The van der Waals surface area contributed by atoms with Crippen LogP contribution in [0.1, 0.15) is 24.1 Å². The van der Waals surface area contributed by atoms with Crippen molar-refractivity contribution in [3.63, 3.8) is 0 Å². The number of benzene rings is 2. The number of nitrogens with zero attached hydrogens (tertiary/aromatic N) is 1. The summed E-state index contributed by atoms with van der Waals surface area (Å²) in [6.45, 7) is 4.78. The van der Waals surface area contributed by atoms with Crippen LogP contribution in [0.4, 0.5) is 4.39 Å². The maximum absolute atomic E-state index is 12.9. The van der Waals surface area contributed by atoms with E-state index in [0.29, 0.717) is 6.04 Å². The van der Waals surface area contributed by atoms with E-state index in [9.17, 15) is 4.39 Å². The van der Waals surface area contributed by atoms with Crippen molar-refractivity contribution in [1.29, 1.82) is 0 Å². The van der Waals surface area contributed by atoms with E-state index in [-0.39, 0.29) is 5.82 Å². The second kappa shape index (κ2) is 7.91. The van der Waals surface area contributed by atoms with E-state index in [1.807, 2.05) is 18.2 Å². The fourth-order valence-electron chi connectivity index (χ4n) is 2.50. The van der Waals surface area contributed by atoms with E-state index >= 15 is 0 Å². The SMILES string of the molecule is CCNC(CN(C)Cc1ccc(F)cc1)c1ccccc1. The van der Waals surface area contributed by atoms with Gasteiger partial charge in [-0.1, -0.05) is 49.4 Å². The molecular weight excluding hydrogens is 263 g/mol. The zero-order valence-electron chi connectivity index (χ0n) is 12.7. The van der Waals surface area contributed by atoms with Gasteiger partial charge in [-0.15, -0.1) is 0 Å². The predicted molar refractivity (Wildman–Crippen MR) is 85.6 cm³/mol. The molecule has 21 heavy (non-hydrogen) atoms. The van der Waals surface area contributed by atoms with E-state index in [0.717, 1.165) is 25.2 Å². The molecule has 0 fully saturated rings. The highest BCUT2D eigenvalue weighted by Crippen LogP contribution is 2.15. The van der Waals surface area contributed by atoms with Gasteiger partial charge in [-0.05, 0) is 36.9 Å². The maximum Gasteiger partial charge on any atom is 0.123 e. The Balaban J connectivity index is 1.98. The van der Waals surface area contributed by atoms with Crippen LogP contribution in [-0.2, 0) is 6.54 Å². The fourth-order valence-corrected chi connectivity index (χ4v) is 2.50. The minimum Gasteiger partial charge on any atom is -0.309 e. The Hall–Kier alpha value is -1.71. The molecule has 0 amide bonds. The summed E-state index contributed by atoms with van der Waals surface area (Å²) in [5.41, 5.74) is 2.42. The largest absolute Gasteiger partial charge is 0.309 e. The summed E-state index contributed by atoms with van der Waals surface area (Å²) in [4.78, 5) is 2.26. The Labute approximate surface area is 126 Å². The van der Waals surface area contributed by atoms with Crippen LogP contribution >= 0.6 is 0 Å². The van der Waals surface area contributed by atoms with Crippen LogP contribution in [-0.4, -0.2) is 25.0 Å². The van der Waals surface area contributed by atoms with Crippen molar-refractivity contribution < 1.29 is 4.39 Å². The Kier molecular flexibility index (Phi) is 5.90. The van der Waals surface area contributed by atoms with Crippen LogP contribution in [0.3, 0.4) is 0 Å². The highest BCUT2D eigenvalue weighted by Gasteiger charge is 2.12. The number of hydrogen-bond acceptors (Lipinski definition) is 2. The summed E-state index contributed by atoms with van der Waals surface area (Å²) in [7, 11) is 2.09. The molecule has 2 aromatic carbocycles. The molecule has 0 aliphatic rings. The minimum absolute atomic E-state index is 0.184. The van der Waals surface area contributed by atoms with Crippen molar-refractivity contribution in [1.82, 2.24) is 10.2 Å². The third-order valence-electron chi connectivity index (χ3n) is 3.51. The van der Waals surface area contributed by atoms with Crippen LogP contribution in [0.25, 0.3) is 0 Å². The Morgan fingerprint density at radius 3 is 2.33 bits per heavy atom. The van der Waals surface area contributed by atoms with Crippen molar-refractivity contribution in [3.05, 3.63) is 71.5 Å². The molecular formula is C18H23FN2. The molecule has 2 nitrogen and oxygen atoms in total. The van der Waals surface area contributed by atoms with E-state index in [4.69, 9.17) is 0 Å². The van der Waals surface area contributed by atoms with E-state index < -0.39 is 0 Å². The van der Waals surface area contributed by atoms with Gasteiger partial charge in [-0.3, -0.25) is 0 Å². The lowest BCUT2D eigenvalue weighted by Gasteiger charge is -2.25. The van der Waals surface area contributed by atoms with Gasteiger partial charge < -0.3 is 10.2 Å². The molecule has 0 saturated heterocycles. The lowest BCUT2D eigenvalue weighted by Crippen LogP contribution is -2.32. The van der Waals surface area contributed by atoms with Crippen LogP contribution in [0.2, 0.25) is 0 Å². The zero-order valence-corrected chi connectivity index (χ0v) is 12.7. The molecule has 1 N–H and O–H groups in total. The van der Waals surface area contributed by atoms with E-state index in [1.54, 1.807) is 0 Å². The van der Waals surface area contributed by atoms with Crippen LogP contribution in [0.15, 0.2) is 54.6 Å². The normalized spacial score (nSPS) is 12.6. The molecule has 0 bridgehead atoms. The predicted octanol–water partition coefficient (Wildman–Crippen LogP) is 3.61. The Bertz CT molecular complexity index is 525. The molecule has 1 atom stereocenters. The first-order chi connectivity index (χ1) is 10.2. The zero-order chi connectivity index (χ0) is 15.1. The van der Waals surface area contributed by atoms with Crippen molar-refractivity contribution >= 4 is 0 Å². The summed E-state index contributed by atoms with van der Waals surface area (Å²) in [6.07, 6.45) is 0. The van der Waals surface area contributed by atoms with Gasteiger partial charge in [0.2, 0.25) is 0 Å². The summed E-state index contributed by atoms with van der Waals surface area (Å²) < 4.78 is 12.9. The van der Waals surface area contributed by atoms with Crippen molar-refractivity contribution in [3.8, 4) is 0 Å². The topological polar surface area (TPSA) is 15.3 Å². The quantitative estimate of drug-likeness (QED) is 0.836. The number of halogens is 1. The van der Waals surface area contributed by atoms with Gasteiger partial charge in [0.1, 0.15) is 5.82 Å². The standard InChI is InChI=1S/C18H23FN2/c1-3-20-18(16-7-5-4-6-8-16)14-21(2)13-15-9-11-17(19)12-10-15/h4-12,18,20H,3,13-14H2,1-2H3. The highest BCUT2D eigenvalue weighted by molar-refractivity contribution is 5.20. The number of rotatable bonds is 7. The highest BCUT2D eigenvalue weighted by atomic mass is 19.1. The van der Waals surface area contributed by atoms with Crippen LogP contribution in [0.5, 0.6) is 0 Å². The number of hydrogen-bond donors (Lipinski definition) is 1. The lowest BCUT2D eigenvalue weighted by atomic mass is 10.1. The molecule has 0 aromatic heterocycles. The molecule has 0 heterocycles. The summed E-state index contributed by atoms with van der Waals surface area (Å²) >= 11 is 0. The first-order valence-corrected chi connectivity index (χ1v) is 7.40. The monoisotopic (exact) mass is 286 g/mol. The smallest absolute Gasteiger partial charge is 0.123 e. The maximum atomic E-state index is 12.9. The van der Waals surface area contributed by atoms with Crippen molar-refractivity contribution in [2.45, 2.75) is 19.5 Å². The molecule has 112 valence electrons. The summed E-state index contributed by atoms with van der Waals surface area (Å²) in [6, 6.07) is 17.5. The molecule has 0 saturated carbocycles. The lowest BCUT2D eigenvalue weighted by molar-refractivity contribution is 0.285. The van der Waals surface area contributed by atoms with Crippen molar-refractivity contribution in [2.75, 3.05) is 20.1 Å². The van der Waals surface area contributed by atoms with Gasteiger partial charge in [0.05, 0.1) is 0 Å². The first kappa shape index (κ1) is 15.7. The molecule has 0 aliphatic heterocycles. The second-order valence-electron chi connectivity index (χ2n) is 5.34. The van der Waals surface area contributed by atoms with E-state index in [2.05, 4.69) is 48.5 Å². The minimum atomic E-state index is -0.184. The fraction of sp³-hybridized carbons (Fsp3) is 0.333. The molecule has 1 unspecified atom stereocenters. The van der Waals surface area contributed by atoms with Crippen LogP contribution < -0.4 is 5.32 Å². The Morgan fingerprint density at radius 1 is 1.05 bits per heavy atom. The molecule has 3 heteroatoms. The number of likely N-dealkylation sites (N-methyl/N-ethyl adjacent to an activating group) is 2. The molecule has 2 rings (SSSR count). The third kappa shape index (κ3) is 4.96. The second-order valence-corrected chi connectivity index (χ2v) is 5.34. The Morgan fingerprint density at radius 2 is 1.71 bits per heavy atom. The van der Waals surface area contributed by atoms with Crippen molar-refractivity contribution in [2.24, 2.45) is 0 Å². The van der Waals surface area contributed by atoms with Gasteiger partial charge >= 0.3 is 0 Å². The molecule has 0 spiro atoms. The van der Waals surface area contributed by atoms with Gasteiger partial charge in [0.25, 0.3) is 0 Å². The molecule has 0 radical (unpaired) electrons. The van der Waals surface area contributed by atoms with Gasteiger partial charge in [-0.2, -0.15) is 0 Å². The average Bonchev–Trinajstić information content (AvgIpc) is 2.50.